The Balaban J connectivity index is 1.48. The standard InChI is InChI=1S/C20H26ClN5O2/c1-14(2)26-9-7-17(8-10-26)24-20(28)18-11-25(13-22-18)12-19(27)23-16-5-3-15(21)4-6-16/h3-6,11,13-14,17H,7-10,12H2,1-2H3,(H,23,27)(H,24,28). The van der Waals surface area contributed by atoms with E-state index in [4.69, 9.17) is 11.6 Å². The second kappa shape index (κ2) is 9.21. The molecule has 3 rings (SSSR count). The van der Waals surface area contributed by atoms with Crippen LogP contribution in [0, 0.1) is 0 Å². The first kappa shape index (κ1) is 20.4. The number of hydrogen-bond acceptors (Lipinski definition) is 4. The second-order valence-electron chi connectivity index (χ2n) is 7.36. The number of carbonyl (C=O) groups is 2. The lowest BCUT2D eigenvalue weighted by Gasteiger charge is -2.34. The van der Waals surface area contributed by atoms with Gasteiger partial charge in [0.1, 0.15) is 12.2 Å². The molecule has 2 N–H and O–H groups in total. The topological polar surface area (TPSA) is 79.3 Å². The van der Waals surface area contributed by atoms with Crippen molar-refractivity contribution < 1.29 is 9.59 Å². The third-order valence-corrected chi connectivity index (χ3v) is 5.17. The largest absolute Gasteiger partial charge is 0.348 e. The first-order chi connectivity index (χ1) is 13.4. The van der Waals surface area contributed by atoms with Crippen LogP contribution in [0.15, 0.2) is 36.8 Å². The van der Waals surface area contributed by atoms with Gasteiger partial charge in [-0.15, -0.1) is 0 Å². The van der Waals surface area contributed by atoms with E-state index < -0.39 is 0 Å². The van der Waals surface area contributed by atoms with Gasteiger partial charge in [-0.3, -0.25) is 9.59 Å². The second-order valence-corrected chi connectivity index (χ2v) is 7.80. The number of piperidine rings is 1. The minimum Gasteiger partial charge on any atom is -0.348 e. The van der Waals surface area contributed by atoms with Gasteiger partial charge in [-0.2, -0.15) is 0 Å². The Morgan fingerprint density at radius 2 is 1.89 bits per heavy atom. The summed E-state index contributed by atoms with van der Waals surface area (Å²) in [7, 11) is 0. The highest BCUT2D eigenvalue weighted by Crippen LogP contribution is 2.14. The number of benzene rings is 1. The molecule has 0 bridgehead atoms. The number of likely N-dealkylation sites (tertiary alicyclic amines) is 1. The molecule has 28 heavy (non-hydrogen) atoms. The molecule has 2 heterocycles. The molecular weight excluding hydrogens is 378 g/mol. The van der Waals surface area contributed by atoms with Gasteiger partial charge in [-0.05, 0) is 51.0 Å². The predicted octanol–water partition coefficient (Wildman–Crippen LogP) is 2.78. The highest BCUT2D eigenvalue weighted by atomic mass is 35.5. The van der Waals surface area contributed by atoms with Gasteiger partial charge >= 0.3 is 0 Å². The van der Waals surface area contributed by atoms with Crippen LogP contribution < -0.4 is 10.6 Å². The van der Waals surface area contributed by atoms with Crippen molar-refractivity contribution in [3.8, 4) is 0 Å². The van der Waals surface area contributed by atoms with Gasteiger partial charge in [0.05, 0.1) is 6.33 Å². The van der Waals surface area contributed by atoms with E-state index in [1.165, 1.54) is 6.33 Å². The number of halogens is 1. The van der Waals surface area contributed by atoms with Gasteiger partial charge in [0.2, 0.25) is 5.91 Å². The van der Waals surface area contributed by atoms with E-state index in [-0.39, 0.29) is 24.4 Å². The first-order valence-corrected chi connectivity index (χ1v) is 9.90. The molecule has 0 unspecified atom stereocenters. The summed E-state index contributed by atoms with van der Waals surface area (Å²) in [6.07, 6.45) is 4.97. The van der Waals surface area contributed by atoms with Crippen molar-refractivity contribution in [2.45, 2.75) is 45.3 Å². The van der Waals surface area contributed by atoms with Gasteiger partial charge in [0.15, 0.2) is 0 Å². The molecule has 1 saturated heterocycles. The maximum Gasteiger partial charge on any atom is 0.271 e. The summed E-state index contributed by atoms with van der Waals surface area (Å²) in [5.41, 5.74) is 0.991. The summed E-state index contributed by atoms with van der Waals surface area (Å²) < 4.78 is 1.60. The van der Waals surface area contributed by atoms with E-state index in [0.717, 1.165) is 25.9 Å². The van der Waals surface area contributed by atoms with E-state index in [2.05, 4.69) is 34.4 Å². The highest BCUT2D eigenvalue weighted by Gasteiger charge is 2.23. The molecule has 0 aliphatic carbocycles. The van der Waals surface area contributed by atoms with Crippen LogP contribution in [0.5, 0.6) is 0 Å². The number of imidazole rings is 1. The third kappa shape index (κ3) is 5.56. The van der Waals surface area contributed by atoms with E-state index in [1.807, 2.05) is 0 Å². The SMILES string of the molecule is CC(C)N1CCC(NC(=O)c2cn(CC(=O)Nc3ccc(Cl)cc3)cn2)CC1. The number of nitrogens with one attached hydrogen (secondary N) is 2. The maximum absolute atomic E-state index is 12.4. The number of nitrogens with zero attached hydrogens (tertiary/aromatic N) is 3. The zero-order valence-electron chi connectivity index (χ0n) is 16.2. The summed E-state index contributed by atoms with van der Waals surface area (Å²) in [5, 5.41) is 6.44. The van der Waals surface area contributed by atoms with E-state index in [1.54, 1.807) is 35.0 Å². The van der Waals surface area contributed by atoms with Gasteiger partial charge in [0.25, 0.3) is 5.91 Å². The van der Waals surface area contributed by atoms with Gasteiger partial charge < -0.3 is 20.1 Å². The molecule has 150 valence electrons. The summed E-state index contributed by atoms with van der Waals surface area (Å²) >= 11 is 5.84. The van der Waals surface area contributed by atoms with Crippen molar-refractivity contribution in [1.29, 1.82) is 0 Å². The van der Waals surface area contributed by atoms with E-state index in [9.17, 15) is 9.59 Å². The third-order valence-electron chi connectivity index (χ3n) is 4.92. The van der Waals surface area contributed by atoms with E-state index >= 15 is 0 Å². The Hall–Kier alpha value is -2.38. The molecule has 0 radical (unpaired) electrons. The summed E-state index contributed by atoms with van der Waals surface area (Å²) in [6, 6.07) is 7.59. The molecule has 8 heteroatoms. The van der Waals surface area contributed by atoms with Crippen LogP contribution in [-0.2, 0) is 11.3 Å². The van der Waals surface area contributed by atoms with E-state index in [0.29, 0.717) is 22.4 Å². The van der Waals surface area contributed by atoms with Crippen molar-refractivity contribution >= 4 is 29.1 Å². The van der Waals surface area contributed by atoms with Crippen molar-refractivity contribution in [3.05, 3.63) is 47.5 Å². The Bertz CT molecular complexity index is 810. The normalized spacial score (nSPS) is 15.6. The minimum absolute atomic E-state index is 0.0791. The Morgan fingerprint density at radius 1 is 1.21 bits per heavy atom. The average molecular weight is 404 g/mol. The van der Waals surface area contributed by atoms with Crippen LogP contribution in [0.25, 0.3) is 0 Å². The Morgan fingerprint density at radius 3 is 2.54 bits per heavy atom. The Labute approximate surface area is 170 Å². The molecule has 1 fully saturated rings. The molecule has 1 aromatic carbocycles. The van der Waals surface area contributed by atoms with Crippen LogP contribution >= 0.6 is 11.6 Å². The molecule has 1 aliphatic rings. The number of hydrogen-bond donors (Lipinski definition) is 2. The Kier molecular flexibility index (Phi) is 6.70. The predicted molar refractivity (Wildman–Crippen MR) is 110 cm³/mol. The maximum atomic E-state index is 12.4. The lowest BCUT2D eigenvalue weighted by atomic mass is 10.0. The number of amides is 2. The summed E-state index contributed by atoms with van der Waals surface area (Å²) in [6.45, 7) is 6.43. The number of anilines is 1. The van der Waals surface area contributed by atoms with Gasteiger partial charge in [-0.25, -0.2) is 4.98 Å². The molecule has 2 aromatic rings. The smallest absolute Gasteiger partial charge is 0.271 e. The molecule has 1 aromatic heterocycles. The van der Waals surface area contributed by atoms with Crippen LogP contribution in [0.3, 0.4) is 0 Å². The molecule has 2 amide bonds. The van der Waals surface area contributed by atoms with Gasteiger partial charge in [-0.1, -0.05) is 11.6 Å². The zero-order valence-corrected chi connectivity index (χ0v) is 16.9. The lowest BCUT2D eigenvalue weighted by Crippen LogP contribution is -2.46. The number of aromatic nitrogens is 2. The monoisotopic (exact) mass is 403 g/mol. The molecule has 7 nitrogen and oxygen atoms in total. The molecule has 0 saturated carbocycles. The van der Waals surface area contributed by atoms with Crippen LogP contribution in [-0.4, -0.2) is 51.4 Å². The van der Waals surface area contributed by atoms with Crippen LogP contribution in [0.4, 0.5) is 5.69 Å². The fourth-order valence-electron chi connectivity index (χ4n) is 3.28. The number of carbonyl (C=O) groups excluding carboxylic acids is 2. The molecule has 0 spiro atoms. The fourth-order valence-corrected chi connectivity index (χ4v) is 3.41. The molecule has 0 atom stereocenters. The lowest BCUT2D eigenvalue weighted by molar-refractivity contribution is -0.116. The number of rotatable bonds is 6. The van der Waals surface area contributed by atoms with Crippen molar-refractivity contribution in [1.82, 2.24) is 19.8 Å². The average Bonchev–Trinajstić information content (AvgIpc) is 3.12. The molecular formula is C20H26ClN5O2. The van der Waals surface area contributed by atoms with Crippen molar-refractivity contribution in [3.63, 3.8) is 0 Å². The van der Waals surface area contributed by atoms with Crippen LogP contribution in [0.1, 0.15) is 37.2 Å². The van der Waals surface area contributed by atoms with Crippen molar-refractivity contribution in [2.75, 3.05) is 18.4 Å². The first-order valence-electron chi connectivity index (χ1n) is 9.53. The van der Waals surface area contributed by atoms with Crippen molar-refractivity contribution in [2.24, 2.45) is 0 Å². The quantitative estimate of drug-likeness (QED) is 0.777. The van der Waals surface area contributed by atoms with Crippen LogP contribution in [0.2, 0.25) is 5.02 Å². The minimum atomic E-state index is -0.201. The summed E-state index contributed by atoms with van der Waals surface area (Å²) in [4.78, 5) is 31.1. The fraction of sp³-hybridized carbons (Fsp3) is 0.450. The molecule has 1 aliphatic heterocycles. The highest BCUT2D eigenvalue weighted by molar-refractivity contribution is 6.30. The van der Waals surface area contributed by atoms with Gasteiger partial charge in [0, 0.05) is 42.1 Å². The summed E-state index contributed by atoms with van der Waals surface area (Å²) in [5.74, 6) is -0.396. The zero-order chi connectivity index (χ0) is 20.1.